The van der Waals surface area contributed by atoms with E-state index < -0.39 is 0 Å². The quantitative estimate of drug-likeness (QED) is 0.575. The molecule has 2 aromatic rings. The van der Waals surface area contributed by atoms with Crippen LogP contribution >= 0.6 is 0 Å². The van der Waals surface area contributed by atoms with Crippen molar-refractivity contribution < 1.29 is 9.59 Å². The van der Waals surface area contributed by atoms with Crippen LogP contribution in [0.1, 0.15) is 62.8 Å². The van der Waals surface area contributed by atoms with E-state index in [0.717, 1.165) is 42.6 Å². The molecule has 3 rings (SSSR count). The molecule has 1 aliphatic rings. The lowest BCUT2D eigenvalue weighted by Crippen LogP contribution is -2.50. The molecule has 3 amide bonds. The molecule has 6 heteroatoms. The summed E-state index contributed by atoms with van der Waals surface area (Å²) in [5.41, 5.74) is 4.20. The molecular formula is C27H40N4O2. The zero-order valence-electron chi connectivity index (χ0n) is 20.9. The highest BCUT2D eigenvalue weighted by Gasteiger charge is 2.29. The van der Waals surface area contributed by atoms with E-state index >= 15 is 0 Å². The summed E-state index contributed by atoms with van der Waals surface area (Å²) in [4.78, 5) is 30.6. The molecule has 0 radical (unpaired) electrons. The Labute approximate surface area is 198 Å². The van der Waals surface area contributed by atoms with Crippen LogP contribution in [0.15, 0.2) is 36.5 Å². The van der Waals surface area contributed by atoms with Gasteiger partial charge in [0.05, 0.1) is 6.54 Å². The van der Waals surface area contributed by atoms with Crippen LogP contribution in [0.5, 0.6) is 0 Å². The van der Waals surface area contributed by atoms with Gasteiger partial charge in [0.1, 0.15) is 6.54 Å². The largest absolute Gasteiger partial charge is 0.353 e. The number of aromatic nitrogens is 1. The lowest BCUT2D eigenvalue weighted by atomic mass is 9.94. The highest BCUT2D eigenvalue weighted by molar-refractivity contribution is 5.92. The van der Waals surface area contributed by atoms with Crippen LogP contribution in [0.4, 0.5) is 10.5 Å². The van der Waals surface area contributed by atoms with Gasteiger partial charge in [-0.15, -0.1) is 0 Å². The highest BCUT2D eigenvalue weighted by Crippen LogP contribution is 2.24. The lowest BCUT2D eigenvalue weighted by Gasteiger charge is -2.36. The van der Waals surface area contributed by atoms with Gasteiger partial charge < -0.3 is 19.7 Å². The minimum Gasteiger partial charge on any atom is -0.353 e. The topological polar surface area (TPSA) is 57.6 Å². The minimum absolute atomic E-state index is 0.00529. The number of amides is 3. The number of hydrogen-bond acceptors (Lipinski definition) is 2. The average molecular weight is 453 g/mol. The standard InChI is InChI=1S/C27H40N4O2/c1-20(2)17-30(18-25-12-9-15-29(25)5)26(32)19-31(24-10-7-6-8-11-24)27(33)28-23-14-13-21(3)22(4)16-23/h9,12-16,20,24H,6-8,10-11,17-19H2,1-5H3,(H,28,33). The molecule has 1 N–H and O–H groups in total. The molecule has 0 saturated heterocycles. The fourth-order valence-corrected chi connectivity index (χ4v) is 4.57. The Bertz CT molecular complexity index is 943. The zero-order valence-corrected chi connectivity index (χ0v) is 20.9. The molecule has 33 heavy (non-hydrogen) atoms. The van der Waals surface area contributed by atoms with E-state index in [4.69, 9.17) is 0 Å². The van der Waals surface area contributed by atoms with Crippen LogP contribution in [0.25, 0.3) is 0 Å². The number of hydrogen-bond donors (Lipinski definition) is 1. The molecule has 0 unspecified atom stereocenters. The van der Waals surface area contributed by atoms with Gasteiger partial charge in [-0.2, -0.15) is 0 Å². The molecule has 1 aromatic heterocycles. The second-order valence-corrected chi connectivity index (χ2v) is 9.93. The number of benzene rings is 1. The van der Waals surface area contributed by atoms with Crippen LogP contribution in [0.3, 0.4) is 0 Å². The van der Waals surface area contributed by atoms with Gasteiger partial charge >= 0.3 is 6.03 Å². The maximum Gasteiger partial charge on any atom is 0.322 e. The van der Waals surface area contributed by atoms with Gasteiger partial charge in [-0.1, -0.05) is 39.2 Å². The van der Waals surface area contributed by atoms with Gasteiger partial charge in [0.25, 0.3) is 0 Å². The fraction of sp³-hybridized carbons (Fsp3) is 0.556. The Morgan fingerprint density at radius 2 is 1.82 bits per heavy atom. The molecule has 0 bridgehead atoms. The molecular weight excluding hydrogens is 412 g/mol. The van der Waals surface area contributed by atoms with Gasteiger partial charge in [0.15, 0.2) is 0 Å². The Hall–Kier alpha value is -2.76. The minimum atomic E-state index is -0.179. The third kappa shape index (κ3) is 6.86. The maximum absolute atomic E-state index is 13.5. The van der Waals surface area contributed by atoms with Crippen LogP contribution in [-0.2, 0) is 18.4 Å². The summed E-state index contributed by atoms with van der Waals surface area (Å²) in [5, 5.41) is 3.06. The molecule has 1 saturated carbocycles. The van der Waals surface area contributed by atoms with Crippen LogP contribution in [-0.4, -0.2) is 45.4 Å². The summed E-state index contributed by atoms with van der Waals surface area (Å²) in [6.07, 6.45) is 7.31. The molecule has 0 spiro atoms. The molecule has 1 heterocycles. The van der Waals surface area contributed by atoms with E-state index in [1.807, 2.05) is 60.0 Å². The molecule has 1 aliphatic carbocycles. The number of nitrogens with zero attached hydrogens (tertiary/aromatic N) is 3. The monoisotopic (exact) mass is 452 g/mol. The lowest BCUT2D eigenvalue weighted by molar-refractivity contribution is -0.133. The third-order valence-corrected chi connectivity index (χ3v) is 6.68. The number of nitrogens with one attached hydrogen (secondary N) is 1. The summed E-state index contributed by atoms with van der Waals surface area (Å²) >= 11 is 0. The van der Waals surface area contributed by atoms with Gasteiger partial charge in [-0.05, 0) is 68.0 Å². The number of carbonyl (C=O) groups excluding carboxylic acids is 2. The van der Waals surface area contributed by atoms with Gasteiger partial charge in [-0.25, -0.2) is 4.79 Å². The van der Waals surface area contributed by atoms with Crippen molar-refractivity contribution in [3.63, 3.8) is 0 Å². The van der Waals surface area contributed by atoms with Gasteiger partial charge in [-0.3, -0.25) is 4.79 Å². The first-order chi connectivity index (χ1) is 15.7. The summed E-state index contributed by atoms with van der Waals surface area (Å²) in [7, 11) is 2.00. The van der Waals surface area contributed by atoms with Crippen molar-refractivity contribution in [1.82, 2.24) is 14.4 Å². The number of rotatable bonds is 8. The van der Waals surface area contributed by atoms with Crippen LogP contribution in [0, 0.1) is 19.8 Å². The van der Waals surface area contributed by atoms with E-state index in [0.29, 0.717) is 19.0 Å². The summed E-state index contributed by atoms with van der Waals surface area (Å²) in [6.45, 7) is 9.68. The molecule has 180 valence electrons. The summed E-state index contributed by atoms with van der Waals surface area (Å²) < 4.78 is 2.05. The predicted octanol–water partition coefficient (Wildman–Crippen LogP) is 5.49. The smallest absolute Gasteiger partial charge is 0.322 e. The summed E-state index contributed by atoms with van der Waals surface area (Å²) in [5.74, 6) is 0.354. The van der Waals surface area contributed by atoms with Crippen molar-refractivity contribution in [3.05, 3.63) is 53.3 Å². The fourth-order valence-electron chi connectivity index (χ4n) is 4.57. The second-order valence-electron chi connectivity index (χ2n) is 9.93. The summed E-state index contributed by atoms with van der Waals surface area (Å²) in [6, 6.07) is 9.92. The Balaban J connectivity index is 1.78. The third-order valence-electron chi connectivity index (χ3n) is 6.68. The zero-order chi connectivity index (χ0) is 24.0. The number of aryl methyl sites for hydroxylation is 3. The van der Waals surface area contributed by atoms with Gasteiger partial charge in [0.2, 0.25) is 5.91 Å². The van der Waals surface area contributed by atoms with E-state index in [1.54, 1.807) is 4.90 Å². The van der Waals surface area contributed by atoms with Crippen LogP contribution in [0.2, 0.25) is 0 Å². The molecule has 1 fully saturated rings. The van der Waals surface area contributed by atoms with Crippen molar-refractivity contribution in [3.8, 4) is 0 Å². The van der Waals surface area contributed by atoms with Gasteiger partial charge in [0, 0.05) is 37.2 Å². The van der Waals surface area contributed by atoms with Crippen molar-refractivity contribution in [1.29, 1.82) is 0 Å². The first-order valence-corrected chi connectivity index (χ1v) is 12.3. The Kier molecular flexibility index (Phi) is 8.59. The normalized spacial score (nSPS) is 14.4. The average Bonchev–Trinajstić information content (AvgIpc) is 3.18. The SMILES string of the molecule is Cc1ccc(NC(=O)N(CC(=O)N(Cc2cccn2C)CC(C)C)C2CCCCC2)cc1C. The van der Waals surface area contributed by atoms with E-state index in [9.17, 15) is 9.59 Å². The molecule has 0 atom stereocenters. The first-order valence-electron chi connectivity index (χ1n) is 12.3. The number of urea groups is 1. The van der Waals surface area contributed by atoms with Crippen LogP contribution < -0.4 is 5.32 Å². The van der Waals surface area contributed by atoms with E-state index in [-0.39, 0.29) is 24.5 Å². The van der Waals surface area contributed by atoms with E-state index in [2.05, 4.69) is 26.1 Å². The van der Waals surface area contributed by atoms with Crippen molar-refractivity contribution >= 4 is 17.6 Å². The first kappa shape index (κ1) is 24.9. The maximum atomic E-state index is 13.5. The van der Waals surface area contributed by atoms with Crippen molar-refractivity contribution in [2.24, 2.45) is 13.0 Å². The molecule has 6 nitrogen and oxygen atoms in total. The number of carbonyl (C=O) groups is 2. The second kappa shape index (κ2) is 11.4. The van der Waals surface area contributed by atoms with Crippen molar-refractivity contribution in [2.45, 2.75) is 72.4 Å². The Morgan fingerprint density at radius 3 is 2.42 bits per heavy atom. The van der Waals surface area contributed by atoms with E-state index in [1.165, 1.54) is 12.0 Å². The predicted molar refractivity (Wildman–Crippen MR) is 134 cm³/mol. The molecule has 0 aliphatic heterocycles. The Morgan fingerprint density at radius 1 is 1.09 bits per heavy atom. The number of anilines is 1. The molecule has 1 aromatic carbocycles. The van der Waals surface area contributed by atoms with Crippen molar-refractivity contribution in [2.75, 3.05) is 18.4 Å². The highest BCUT2D eigenvalue weighted by atomic mass is 16.2.